The maximum atomic E-state index is 12.7. The van der Waals surface area contributed by atoms with E-state index in [2.05, 4.69) is 10.3 Å². The van der Waals surface area contributed by atoms with E-state index in [9.17, 15) is 9.59 Å². The Hall–Kier alpha value is -3.35. The number of benzene rings is 1. The summed E-state index contributed by atoms with van der Waals surface area (Å²) in [4.78, 5) is 28.8. The summed E-state index contributed by atoms with van der Waals surface area (Å²) < 4.78 is 11.6. The van der Waals surface area contributed by atoms with Crippen molar-refractivity contribution >= 4 is 23.2 Å². The number of pyridine rings is 1. The maximum Gasteiger partial charge on any atom is 0.337 e. The van der Waals surface area contributed by atoms with Crippen molar-refractivity contribution in [3.63, 3.8) is 0 Å². The fourth-order valence-corrected chi connectivity index (χ4v) is 2.62. The normalized spacial score (nSPS) is 10.5. The molecule has 2 heterocycles. The number of imidazole rings is 1. The fraction of sp³-hybridized carbons (Fsp3) is 0.167. The molecule has 25 heavy (non-hydrogen) atoms. The van der Waals surface area contributed by atoms with Gasteiger partial charge in [-0.1, -0.05) is 6.07 Å². The number of nitrogens with zero attached hydrogens (tertiary/aromatic N) is 2. The highest BCUT2D eigenvalue weighted by Gasteiger charge is 2.19. The first-order valence-electron chi connectivity index (χ1n) is 7.56. The summed E-state index contributed by atoms with van der Waals surface area (Å²) in [6.45, 7) is 1.76. The van der Waals surface area contributed by atoms with Crippen LogP contribution in [0.3, 0.4) is 0 Å². The largest absolute Gasteiger partial charge is 0.493 e. The zero-order chi connectivity index (χ0) is 18.0. The molecule has 7 nitrogen and oxygen atoms in total. The number of aryl methyl sites for hydroxylation is 1. The molecule has 1 aromatic carbocycles. The predicted molar refractivity (Wildman–Crippen MR) is 92.2 cm³/mol. The molecular weight excluding hydrogens is 322 g/mol. The summed E-state index contributed by atoms with van der Waals surface area (Å²) in [6, 6.07) is 10.1. The van der Waals surface area contributed by atoms with E-state index in [1.807, 2.05) is 0 Å². The lowest BCUT2D eigenvalue weighted by atomic mass is 10.2. The van der Waals surface area contributed by atoms with Gasteiger partial charge in [-0.25, -0.2) is 9.78 Å². The third-order valence-electron chi connectivity index (χ3n) is 3.77. The number of carbonyl (C=O) groups excluding carboxylic acids is 2. The second-order valence-corrected chi connectivity index (χ2v) is 5.34. The number of hydrogen-bond donors (Lipinski definition) is 1. The monoisotopic (exact) mass is 339 g/mol. The zero-order valence-corrected chi connectivity index (χ0v) is 14.1. The summed E-state index contributed by atoms with van der Waals surface area (Å²) in [6.07, 6.45) is 1.75. The number of ether oxygens (including phenoxy) is 2. The van der Waals surface area contributed by atoms with Gasteiger partial charge >= 0.3 is 5.97 Å². The van der Waals surface area contributed by atoms with Crippen molar-refractivity contribution in [2.24, 2.45) is 0 Å². The summed E-state index contributed by atoms with van der Waals surface area (Å²) in [5.41, 5.74) is 2.39. The van der Waals surface area contributed by atoms with E-state index < -0.39 is 5.97 Å². The number of aromatic nitrogens is 2. The number of esters is 1. The lowest BCUT2D eigenvalue weighted by Crippen LogP contribution is -2.16. The third-order valence-corrected chi connectivity index (χ3v) is 3.77. The Balaban J connectivity index is 1.96. The molecule has 0 saturated heterocycles. The highest BCUT2D eigenvalue weighted by molar-refractivity contribution is 6.05. The van der Waals surface area contributed by atoms with E-state index >= 15 is 0 Å². The van der Waals surface area contributed by atoms with Gasteiger partial charge in [0.25, 0.3) is 5.91 Å². The van der Waals surface area contributed by atoms with E-state index in [-0.39, 0.29) is 5.91 Å². The minimum Gasteiger partial charge on any atom is -0.493 e. The minimum atomic E-state index is -0.466. The van der Waals surface area contributed by atoms with Crippen molar-refractivity contribution < 1.29 is 19.1 Å². The van der Waals surface area contributed by atoms with Crippen LogP contribution in [-0.2, 0) is 4.74 Å². The Morgan fingerprint density at radius 1 is 1.16 bits per heavy atom. The summed E-state index contributed by atoms with van der Waals surface area (Å²) in [7, 11) is 2.86. The number of fused-ring (bicyclic) bond motifs is 1. The van der Waals surface area contributed by atoms with Crippen LogP contribution >= 0.6 is 0 Å². The molecule has 0 spiro atoms. The summed E-state index contributed by atoms with van der Waals surface area (Å²) in [5.74, 6) is -0.218. The molecule has 0 fully saturated rings. The summed E-state index contributed by atoms with van der Waals surface area (Å²) in [5, 5.41) is 2.79. The Kier molecular flexibility index (Phi) is 4.38. The van der Waals surface area contributed by atoms with Crippen molar-refractivity contribution in [3.05, 3.63) is 59.5 Å². The van der Waals surface area contributed by atoms with Gasteiger partial charge in [-0.2, -0.15) is 0 Å². The van der Waals surface area contributed by atoms with Gasteiger partial charge in [0.15, 0.2) is 11.4 Å². The van der Waals surface area contributed by atoms with Gasteiger partial charge in [-0.15, -0.1) is 0 Å². The molecule has 128 valence electrons. The molecule has 3 aromatic rings. The standard InChI is InChI=1S/C18H17N3O4/c1-11-15(21-9-5-8-14(24-2)16(21)19-11)17(22)20-13-7-4-6-12(10-13)18(23)25-3/h4-10H,1-3H3,(H,20,22). The van der Waals surface area contributed by atoms with E-state index in [0.717, 1.165) is 0 Å². The molecule has 0 aliphatic rings. The molecular formula is C18H17N3O4. The van der Waals surface area contributed by atoms with Crippen LogP contribution < -0.4 is 10.1 Å². The molecule has 0 bridgehead atoms. The molecule has 0 aliphatic carbocycles. The van der Waals surface area contributed by atoms with E-state index in [4.69, 9.17) is 9.47 Å². The zero-order valence-electron chi connectivity index (χ0n) is 14.1. The van der Waals surface area contributed by atoms with Gasteiger partial charge in [0.05, 0.1) is 25.5 Å². The van der Waals surface area contributed by atoms with Crippen molar-refractivity contribution in [1.82, 2.24) is 9.38 Å². The minimum absolute atomic E-state index is 0.333. The average Bonchev–Trinajstić information content (AvgIpc) is 2.97. The van der Waals surface area contributed by atoms with Crippen molar-refractivity contribution in [2.45, 2.75) is 6.92 Å². The van der Waals surface area contributed by atoms with Crippen LogP contribution in [0.15, 0.2) is 42.6 Å². The number of methoxy groups -OCH3 is 2. The van der Waals surface area contributed by atoms with Crippen LogP contribution in [0, 0.1) is 6.92 Å². The van der Waals surface area contributed by atoms with Gasteiger partial charge in [-0.3, -0.25) is 9.20 Å². The van der Waals surface area contributed by atoms with Crippen LogP contribution in [-0.4, -0.2) is 35.5 Å². The van der Waals surface area contributed by atoms with Crippen molar-refractivity contribution in [2.75, 3.05) is 19.5 Å². The number of nitrogens with one attached hydrogen (secondary N) is 1. The van der Waals surface area contributed by atoms with Crippen LogP contribution in [0.25, 0.3) is 5.65 Å². The molecule has 0 saturated carbocycles. The highest BCUT2D eigenvalue weighted by atomic mass is 16.5. The predicted octanol–water partition coefficient (Wildman–Crippen LogP) is 2.69. The molecule has 3 rings (SSSR count). The first-order chi connectivity index (χ1) is 12.0. The van der Waals surface area contributed by atoms with Crippen LogP contribution in [0.5, 0.6) is 5.75 Å². The van der Waals surface area contributed by atoms with Crippen molar-refractivity contribution in [1.29, 1.82) is 0 Å². The number of carbonyl (C=O) groups is 2. The Morgan fingerprint density at radius 3 is 2.68 bits per heavy atom. The molecule has 0 aliphatic heterocycles. The Labute approximate surface area is 144 Å². The van der Waals surface area contributed by atoms with Gasteiger partial charge in [0.2, 0.25) is 0 Å². The van der Waals surface area contributed by atoms with Crippen LogP contribution in [0.1, 0.15) is 26.5 Å². The smallest absolute Gasteiger partial charge is 0.337 e. The fourth-order valence-electron chi connectivity index (χ4n) is 2.62. The van der Waals surface area contributed by atoms with Gasteiger partial charge in [0.1, 0.15) is 5.69 Å². The Morgan fingerprint density at radius 2 is 1.96 bits per heavy atom. The lowest BCUT2D eigenvalue weighted by molar-refractivity contribution is 0.0600. The van der Waals surface area contributed by atoms with E-state index in [0.29, 0.717) is 34.0 Å². The topological polar surface area (TPSA) is 81.9 Å². The van der Waals surface area contributed by atoms with Crippen LogP contribution in [0.2, 0.25) is 0 Å². The maximum absolute atomic E-state index is 12.7. The SMILES string of the molecule is COC(=O)c1cccc(NC(=O)c2c(C)nc3c(OC)cccn23)c1. The lowest BCUT2D eigenvalue weighted by Gasteiger charge is -2.08. The summed E-state index contributed by atoms with van der Waals surface area (Å²) >= 11 is 0. The van der Waals surface area contributed by atoms with E-state index in [1.165, 1.54) is 7.11 Å². The number of amides is 1. The number of anilines is 1. The molecule has 7 heteroatoms. The van der Waals surface area contributed by atoms with Gasteiger partial charge < -0.3 is 14.8 Å². The molecule has 2 aromatic heterocycles. The molecule has 1 amide bonds. The quantitative estimate of drug-likeness (QED) is 0.739. The highest BCUT2D eigenvalue weighted by Crippen LogP contribution is 2.22. The number of rotatable bonds is 4. The molecule has 1 N–H and O–H groups in total. The van der Waals surface area contributed by atoms with Crippen molar-refractivity contribution in [3.8, 4) is 5.75 Å². The molecule has 0 atom stereocenters. The second-order valence-electron chi connectivity index (χ2n) is 5.34. The molecule has 0 radical (unpaired) electrons. The number of hydrogen-bond acceptors (Lipinski definition) is 5. The molecule has 0 unspecified atom stereocenters. The third kappa shape index (κ3) is 3.03. The van der Waals surface area contributed by atoms with E-state index in [1.54, 1.807) is 61.0 Å². The first kappa shape index (κ1) is 16.5. The van der Waals surface area contributed by atoms with Gasteiger partial charge in [-0.05, 0) is 37.3 Å². The average molecular weight is 339 g/mol. The van der Waals surface area contributed by atoms with Crippen LogP contribution in [0.4, 0.5) is 5.69 Å². The Bertz CT molecular complexity index is 962. The van der Waals surface area contributed by atoms with Gasteiger partial charge in [0, 0.05) is 11.9 Å². The first-order valence-corrected chi connectivity index (χ1v) is 7.56. The second kappa shape index (κ2) is 6.64.